The van der Waals surface area contributed by atoms with Gasteiger partial charge in [-0.2, -0.15) is 18.3 Å². The zero-order chi connectivity index (χ0) is 27.9. The first-order chi connectivity index (χ1) is 18.4. The molecule has 5 rings (SSSR count). The number of aromatic amines is 1. The average Bonchev–Trinajstić information content (AvgIpc) is 3.48. The van der Waals surface area contributed by atoms with Crippen molar-refractivity contribution in [2.75, 3.05) is 18.4 Å². The highest BCUT2D eigenvalue weighted by Crippen LogP contribution is 2.39. The second-order valence-corrected chi connectivity index (χ2v) is 10.7. The van der Waals surface area contributed by atoms with E-state index in [4.69, 9.17) is 4.74 Å². The maximum Gasteiger partial charge on any atom is 0.419 e. The van der Waals surface area contributed by atoms with Gasteiger partial charge in [0, 0.05) is 66.8 Å². The van der Waals surface area contributed by atoms with E-state index in [1.807, 2.05) is 31.4 Å². The van der Waals surface area contributed by atoms with Crippen LogP contribution in [0, 0.1) is 0 Å². The van der Waals surface area contributed by atoms with Gasteiger partial charge in [-0.15, -0.1) is 0 Å². The first-order valence-electron chi connectivity index (χ1n) is 12.7. The molecule has 1 atom stereocenters. The Hall–Kier alpha value is -4.09. The number of halogens is 3. The summed E-state index contributed by atoms with van der Waals surface area (Å²) in [5, 5.41) is 8.12. The molecule has 3 aromatic heterocycles. The molecule has 39 heavy (non-hydrogen) atoms. The molecule has 9 nitrogen and oxygen atoms in total. The van der Waals surface area contributed by atoms with Crippen LogP contribution < -0.4 is 5.32 Å². The molecule has 1 saturated heterocycles. The molecular formula is C27H30F3N7O2. The van der Waals surface area contributed by atoms with Crippen molar-refractivity contribution in [2.45, 2.75) is 51.4 Å². The number of nitrogens with zero attached hydrogens (tertiary/aromatic N) is 5. The maximum atomic E-state index is 14.0. The van der Waals surface area contributed by atoms with Gasteiger partial charge < -0.3 is 19.9 Å². The highest BCUT2D eigenvalue weighted by atomic mass is 19.4. The molecule has 1 aliphatic heterocycles. The normalized spacial score (nSPS) is 16.5. The Balaban J connectivity index is 1.44. The van der Waals surface area contributed by atoms with Gasteiger partial charge in [-0.1, -0.05) is 12.1 Å². The lowest BCUT2D eigenvalue weighted by molar-refractivity contribution is -0.137. The zero-order valence-electron chi connectivity index (χ0n) is 22.1. The number of carbonyl (C=O) groups excluding carboxylic acids is 1. The Kier molecular flexibility index (Phi) is 6.73. The molecule has 0 spiro atoms. The number of ether oxygens (including phenoxy) is 1. The number of aromatic nitrogens is 5. The third-order valence-corrected chi connectivity index (χ3v) is 6.45. The number of hydrogen-bond donors (Lipinski definition) is 2. The highest BCUT2D eigenvalue weighted by molar-refractivity contribution is 5.97. The second-order valence-electron chi connectivity index (χ2n) is 10.7. The van der Waals surface area contributed by atoms with E-state index >= 15 is 0 Å². The predicted octanol–water partition coefficient (Wildman–Crippen LogP) is 5.86. The standard InChI is InChI=1S/C27H30F3N7O2/c1-26(2,3)39-25(38)37-10-5-6-17(15-37)33-24-32-14-20(27(28,29)30)23(34-24)19-13-31-22-12-16(7-8-18(19)22)21-9-11-36(4)35-21/h7-9,11-14,17,31H,5-6,10,15H2,1-4H3,(H,32,33,34). The SMILES string of the molecule is Cn1ccc(-c2ccc3c(-c4nc(NC5CCCN(C(=O)OC(C)(C)C)C5)ncc4C(F)(F)F)c[nH]c3c2)n1. The van der Waals surface area contributed by atoms with E-state index in [1.165, 1.54) is 6.20 Å². The van der Waals surface area contributed by atoms with Gasteiger partial charge in [-0.3, -0.25) is 4.68 Å². The topological polar surface area (TPSA) is 101 Å². The van der Waals surface area contributed by atoms with Crippen molar-refractivity contribution in [1.29, 1.82) is 0 Å². The van der Waals surface area contributed by atoms with Crippen molar-refractivity contribution in [3.05, 3.63) is 48.4 Å². The van der Waals surface area contributed by atoms with Crippen LogP contribution in [0.4, 0.5) is 23.9 Å². The Labute approximate surface area is 223 Å². The van der Waals surface area contributed by atoms with E-state index in [0.29, 0.717) is 42.4 Å². The fourth-order valence-electron chi connectivity index (χ4n) is 4.68. The molecular weight excluding hydrogens is 511 g/mol. The number of likely N-dealkylation sites (tertiary alicyclic amines) is 1. The van der Waals surface area contributed by atoms with Gasteiger partial charge in [-0.05, 0) is 45.7 Å². The van der Waals surface area contributed by atoms with E-state index in [9.17, 15) is 18.0 Å². The van der Waals surface area contributed by atoms with E-state index in [-0.39, 0.29) is 17.7 Å². The van der Waals surface area contributed by atoms with Crippen LogP contribution in [0.15, 0.2) is 42.9 Å². The number of amides is 1. The number of fused-ring (bicyclic) bond motifs is 1. The van der Waals surface area contributed by atoms with Crippen LogP contribution in [0.2, 0.25) is 0 Å². The van der Waals surface area contributed by atoms with Crippen molar-refractivity contribution in [2.24, 2.45) is 7.05 Å². The number of benzene rings is 1. The van der Waals surface area contributed by atoms with Crippen LogP contribution in [0.5, 0.6) is 0 Å². The zero-order valence-corrected chi connectivity index (χ0v) is 22.1. The summed E-state index contributed by atoms with van der Waals surface area (Å²) in [7, 11) is 1.82. The fraction of sp³-hybridized carbons (Fsp3) is 0.407. The average molecular weight is 542 g/mol. The maximum absolute atomic E-state index is 14.0. The van der Waals surface area contributed by atoms with Crippen molar-refractivity contribution in [3.63, 3.8) is 0 Å². The van der Waals surface area contributed by atoms with Gasteiger partial charge >= 0.3 is 12.3 Å². The first-order valence-corrected chi connectivity index (χ1v) is 12.7. The summed E-state index contributed by atoms with van der Waals surface area (Å²) in [4.78, 5) is 25.5. The molecule has 12 heteroatoms. The number of H-pyrrole nitrogens is 1. The molecule has 2 N–H and O–H groups in total. The van der Waals surface area contributed by atoms with Gasteiger partial charge in [0.1, 0.15) is 11.2 Å². The monoisotopic (exact) mass is 541 g/mol. The summed E-state index contributed by atoms with van der Waals surface area (Å²) < 4.78 is 49.2. The number of aryl methyl sites for hydroxylation is 1. The number of alkyl halides is 3. The molecule has 206 valence electrons. The Morgan fingerprint density at radius 2 is 2.00 bits per heavy atom. The summed E-state index contributed by atoms with van der Waals surface area (Å²) in [6, 6.07) is 7.06. The van der Waals surface area contributed by atoms with Crippen molar-refractivity contribution in [1.82, 2.24) is 29.6 Å². The highest BCUT2D eigenvalue weighted by Gasteiger charge is 2.36. The minimum atomic E-state index is -4.65. The van der Waals surface area contributed by atoms with Gasteiger partial charge in [0.05, 0.1) is 11.4 Å². The Bertz CT molecular complexity index is 1500. The van der Waals surface area contributed by atoms with Crippen LogP contribution >= 0.6 is 0 Å². The summed E-state index contributed by atoms with van der Waals surface area (Å²) in [5.41, 5.74) is 0.792. The van der Waals surface area contributed by atoms with Crippen molar-refractivity contribution in [3.8, 4) is 22.5 Å². The molecule has 1 amide bonds. The molecule has 1 aliphatic rings. The summed E-state index contributed by atoms with van der Waals surface area (Å²) >= 11 is 0. The molecule has 4 aromatic rings. The van der Waals surface area contributed by atoms with Gasteiger partial charge in [0.2, 0.25) is 5.95 Å². The first kappa shape index (κ1) is 26.5. The van der Waals surface area contributed by atoms with Gasteiger partial charge in [0.25, 0.3) is 0 Å². The third kappa shape index (κ3) is 5.84. The van der Waals surface area contributed by atoms with Crippen LogP contribution in [0.25, 0.3) is 33.4 Å². The second kappa shape index (κ2) is 9.90. The molecule has 1 fully saturated rings. The molecule has 1 unspecified atom stereocenters. The van der Waals surface area contributed by atoms with Crippen LogP contribution in [0.3, 0.4) is 0 Å². The van der Waals surface area contributed by atoms with E-state index in [1.54, 1.807) is 36.4 Å². The van der Waals surface area contributed by atoms with E-state index in [2.05, 4.69) is 25.4 Å². The van der Waals surface area contributed by atoms with Gasteiger partial charge in [-0.25, -0.2) is 14.8 Å². The third-order valence-electron chi connectivity index (χ3n) is 6.45. The molecule has 0 bridgehead atoms. The lowest BCUT2D eigenvalue weighted by Gasteiger charge is -2.34. The smallest absolute Gasteiger partial charge is 0.419 e. The lowest BCUT2D eigenvalue weighted by atomic mass is 10.0. The fourth-order valence-corrected chi connectivity index (χ4v) is 4.68. The largest absolute Gasteiger partial charge is 0.444 e. The quantitative estimate of drug-likeness (QED) is 0.336. The molecule has 1 aromatic carbocycles. The minimum Gasteiger partial charge on any atom is -0.444 e. The summed E-state index contributed by atoms with van der Waals surface area (Å²) in [6.45, 7) is 6.27. The number of hydrogen-bond acceptors (Lipinski definition) is 6. The summed E-state index contributed by atoms with van der Waals surface area (Å²) in [5.74, 6) is 0.0634. The number of piperidine rings is 1. The molecule has 0 radical (unpaired) electrons. The van der Waals surface area contributed by atoms with Crippen molar-refractivity contribution < 1.29 is 22.7 Å². The Morgan fingerprint density at radius 3 is 2.69 bits per heavy atom. The lowest BCUT2D eigenvalue weighted by Crippen LogP contribution is -2.47. The predicted molar refractivity (Wildman–Crippen MR) is 141 cm³/mol. The van der Waals surface area contributed by atoms with Crippen LogP contribution in [-0.2, 0) is 18.0 Å². The van der Waals surface area contributed by atoms with Crippen LogP contribution in [0.1, 0.15) is 39.2 Å². The minimum absolute atomic E-state index is 0.0634. The number of rotatable bonds is 4. The molecule has 0 saturated carbocycles. The van der Waals surface area contributed by atoms with E-state index in [0.717, 1.165) is 17.5 Å². The van der Waals surface area contributed by atoms with Gasteiger partial charge in [0.15, 0.2) is 0 Å². The van der Waals surface area contributed by atoms with E-state index < -0.39 is 23.4 Å². The molecule has 0 aliphatic carbocycles. The number of carbonyl (C=O) groups is 1. The summed E-state index contributed by atoms with van der Waals surface area (Å²) in [6.07, 6.45) is 0.507. The number of anilines is 1. The number of nitrogens with one attached hydrogen (secondary N) is 2. The Morgan fingerprint density at radius 1 is 1.21 bits per heavy atom. The van der Waals surface area contributed by atoms with Crippen molar-refractivity contribution >= 4 is 22.9 Å². The molecule has 4 heterocycles. The van der Waals surface area contributed by atoms with Crippen LogP contribution in [-0.4, -0.2) is 60.5 Å².